The van der Waals surface area contributed by atoms with Gasteiger partial charge in [0.05, 0.1) is 0 Å². The molecule has 1 fully saturated rings. The van der Waals surface area contributed by atoms with Crippen molar-refractivity contribution in [3.05, 3.63) is 35.9 Å². The van der Waals surface area contributed by atoms with Gasteiger partial charge in [0.1, 0.15) is 6.04 Å². The van der Waals surface area contributed by atoms with Crippen LogP contribution in [0.2, 0.25) is 0 Å². The molecule has 1 aliphatic carbocycles. The van der Waals surface area contributed by atoms with Crippen LogP contribution in [0.25, 0.3) is 0 Å². The van der Waals surface area contributed by atoms with Gasteiger partial charge in [-0.3, -0.25) is 9.59 Å². The molecule has 108 valence electrons. The Kier molecular flexibility index (Phi) is 4.74. The van der Waals surface area contributed by atoms with Gasteiger partial charge in [-0.15, -0.1) is 0 Å². The highest BCUT2D eigenvalue weighted by molar-refractivity contribution is 5.87. The van der Waals surface area contributed by atoms with E-state index in [4.69, 9.17) is 11.5 Å². The number of primary amides is 1. The lowest BCUT2D eigenvalue weighted by molar-refractivity contribution is -0.128. The van der Waals surface area contributed by atoms with Crippen LogP contribution in [0.15, 0.2) is 30.3 Å². The SMILES string of the molecule is NC(=O)C(NC(=O)C[C@@H]1CCC[C@H]1N)c1ccccc1. The van der Waals surface area contributed by atoms with E-state index < -0.39 is 11.9 Å². The van der Waals surface area contributed by atoms with Gasteiger partial charge in [0.2, 0.25) is 11.8 Å². The zero-order valence-corrected chi connectivity index (χ0v) is 11.4. The first-order valence-corrected chi connectivity index (χ1v) is 6.97. The Balaban J connectivity index is 1.98. The molecule has 0 bridgehead atoms. The maximum atomic E-state index is 12.1. The zero-order valence-electron chi connectivity index (χ0n) is 11.4. The maximum absolute atomic E-state index is 12.1. The van der Waals surface area contributed by atoms with Crippen LogP contribution in [0.4, 0.5) is 0 Å². The Morgan fingerprint density at radius 1 is 1.25 bits per heavy atom. The van der Waals surface area contributed by atoms with E-state index in [2.05, 4.69) is 5.32 Å². The van der Waals surface area contributed by atoms with Crippen LogP contribution in [-0.4, -0.2) is 17.9 Å². The van der Waals surface area contributed by atoms with Crippen molar-refractivity contribution < 1.29 is 9.59 Å². The van der Waals surface area contributed by atoms with Gasteiger partial charge in [-0.1, -0.05) is 36.8 Å². The number of nitrogens with two attached hydrogens (primary N) is 2. The molecule has 20 heavy (non-hydrogen) atoms. The topological polar surface area (TPSA) is 98.2 Å². The van der Waals surface area contributed by atoms with Gasteiger partial charge >= 0.3 is 0 Å². The molecule has 0 saturated heterocycles. The molecule has 5 nitrogen and oxygen atoms in total. The average Bonchev–Trinajstić information content (AvgIpc) is 2.82. The fourth-order valence-corrected chi connectivity index (χ4v) is 2.74. The average molecular weight is 275 g/mol. The van der Waals surface area contributed by atoms with E-state index >= 15 is 0 Å². The van der Waals surface area contributed by atoms with Crippen LogP contribution < -0.4 is 16.8 Å². The Morgan fingerprint density at radius 3 is 2.50 bits per heavy atom. The van der Waals surface area contributed by atoms with E-state index in [0.29, 0.717) is 12.0 Å². The minimum Gasteiger partial charge on any atom is -0.368 e. The molecule has 3 atom stereocenters. The van der Waals surface area contributed by atoms with Crippen molar-refractivity contribution >= 4 is 11.8 Å². The van der Waals surface area contributed by atoms with Crippen LogP contribution in [-0.2, 0) is 9.59 Å². The molecule has 1 aromatic carbocycles. The summed E-state index contributed by atoms with van der Waals surface area (Å²) in [6, 6.07) is 8.33. The first-order valence-electron chi connectivity index (χ1n) is 6.97. The second-order valence-electron chi connectivity index (χ2n) is 5.37. The molecule has 0 radical (unpaired) electrons. The quantitative estimate of drug-likeness (QED) is 0.742. The predicted molar refractivity (Wildman–Crippen MR) is 76.5 cm³/mol. The summed E-state index contributed by atoms with van der Waals surface area (Å²) in [5, 5.41) is 2.71. The second kappa shape index (κ2) is 6.52. The standard InChI is InChI=1S/C15H21N3O2/c16-12-8-4-7-11(12)9-13(19)18-14(15(17)20)10-5-2-1-3-6-10/h1-3,5-6,11-12,14H,4,7-9,16H2,(H2,17,20)(H,18,19)/t11-,12+,14?/m0/s1. The summed E-state index contributed by atoms with van der Waals surface area (Å²) >= 11 is 0. The van der Waals surface area contributed by atoms with Gasteiger partial charge in [0.25, 0.3) is 0 Å². The van der Waals surface area contributed by atoms with E-state index in [9.17, 15) is 9.59 Å². The van der Waals surface area contributed by atoms with Crippen molar-refractivity contribution in [2.24, 2.45) is 17.4 Å². The second-order valence-corrected chi connectivity index (χ2v) is 5.37. The first-order chi connectivity index (χ1) is 9.58. The number of carbonyl (C=O) groups excluding carboxylic acids is 2. The highest BCUT2D eigenvalue weighted by Crippen LogP contribution is 2.27. The summed E-state index contributed by atoms with van der Waals surface area (Å²) < 4.78 is 0. The number of hydrogen-bond donors (Lipinski definition) is 3. The Hall–Kier alpha value is -1.88. The summed E-state index contributed by atoms with van der Waals surface area (Å²) in [5.74, 6) is -0.514. The molecule has 5 N–H and O–H groups in total. The molecule has 0 spiro atoms. The summed E-state index contributed by atoms with van der Waals surface area (Å²) in [6.07, 6.45) is 3.37. The van der Waals surface area contributed by atoms with E-state index in [1.165, 1.54) is 0 Å². The van der Waals surface area contributed by atoms with Gasteiger partial charge in [-0.25, -0.2) is 0 Å². The predicted octanol–water partition coefficient (Wildman–Crippen LogP) is 0.847. The molecular weight excluding hydrogens is 254 g/mol. The first kappa shape index (κ1) is 14.5. The minimum absolute atomic E-state index is 0.0875. The Labute approximate surface area is 118 Å². The van der Waals surface area contributed by atoms with Gasteiger partial charge in [-0.05, 0) is 24.3 Å². The highest BCUT2D eigenvalue weighted by Gasteiger charge is 2.28. The summed E-state index contributed by atoms with van der Waals surface area (Å²) in [4.78, 5) is 23.6. The highest BCUT2D eigenvalue weighted by atomic mass is 16.2. The minimum atomic E-state index is -0.777. The Bertz CT molecular complexity index is 475. The van der Waals surface area contributed by atoms with Gasteiger partial charge in [0.15, 0.2) is 0 Å². The number of nitrogens with one attached hydrogen (secondary N) is 1. The van der Waals surface area contributed by atoms with Crippen LogP contribution >= 0.6 is 0 Å². The van der Waals surface area contributed by atoms with E-state index in [0.717, 1.165) is 19.3 Å². The van der Waals surface area contributed by atoms with Crippen LogP contribution in [0.5, 0.6) is 0 Å². The van der Waals surface area contributed by atoms with Crippen molar-refractivity contribution in [2.75, 3.05) is 0 Å². The van der Waals surface area contributed by atoms with Crippen molar-refractivity contribution in [1.82, 2.24) is 5.32 Å². The molecule has 1 unspecified atom stereocenters. The monoisotopic (exact) mass is 275 g/mol. The van der Waals surface area contributed by atoms with E-state index in [-0.39, 0.29) is 17.9 Å². The molecule has 0 aliphatic heterocycles. The lowest BCUT2D eigenvalue weighted by atomic mass is 9.99. The van der Waals surface area contributed by atoms with Gasteiger partial charge < -0.3 is 16.8 Å². The third-order valence-corrected chi connectivity index (χ3v) is 3.89. The smallest absolute Gasteiger partial charge is 0.244 e. The number of benzene rings is 1. The van der Waals surface area contributed by atoms with Crippen LogP contribution in [0.3, 0.4) is 0 Å². The summed E-state index contributed by atoms with van der Waals surface area (Å²) in [6.45, 7) is 0. The lowest BCUT2D eigenvalue weighted by Gasteiger charge is -2.19. The molecular formula is C15H21N3O2. The number of rotatable bonds is 5. The molecule has 1 saturated carbocycles. The summed E-state index contributed by atoms with van der Waals surface area (Å²) in [5.41, 5.74) is 12.0. The zero-order chi connectivity index (χ0) is 14.5. The normalized spacial score (nSPS) is 23.2. The third kappa shape index (κ3) is 3.57. The van der Waals surface area contributed by atoms with Crippen molar-refractivity contribution in [1.29, 1.82) is 0 Å². The molecule has 5 heteroatoms. The van der Waals surface area contributed by atoms with Crippen molar-refractivity contribution in [3.8, 4) is 0 Å². The fourth-order valence-electron chi connectivity index (χ4n) is 2.74. The molecule has 1 aliphatic rings. The van der Waals surface area contributed by atoms with Gasteiger partial charge in [0, 0.05) is 12.5 Å². The van der Waals surface area contributed by atoms with Crippen LogP contribution in [0.1, 0.15) is 37.3 Å². The maximum Gasteiger partial charge on any atom is 0.244 e. The molecule has 1 aromatic rings. The van der Waals surface area contributed by atoms with Gasteiger partial charge in [-0.2, -0.15) is 0 Å². The van der Waals surface area contributed by atoms with Crippen molar-refractivity contribution in [3.63, 3.8) is 0 Å². The third-order valence-electron chi connectivity index (χ3n) is 3.89. The number of hydrogen-bond acceptors (Lipinski definition) is 3. The van der Waals surface area contributed by atoms with E-state index in [1.54, 1.807) is 12.1 Å². The van der Waals surface area contributed by atoms with E-state index in [1.807, 2.05) is 18.2 Å². The molecule has 0 heterocycles. The summed E-state index contributed by atoms with van der Waals surface area (Å²) in [7, 11) is 0. The fraction of sp³-hybridized carbons (Fsp3) is 0.467. The number of amides is 2. The molecule has 0 aromatic heterocycles. The Morgan fingerprint density at radius 2 is 1.95 bits per heavy atom. The van der Waals surface area contributed by atoms with Crippen LogP contribution in [0, 0.1) is 5.92 Å². The lowest BCUT2D eigenvalue weighted by Crippen LogP contribution is -2.39. The molecule has 2 amide bonds. The van der Waals surface area contributed by atoms with Crippen molar-refractivity contribution in [2.45, 2.75) is 37.8 Å². The molecule has 2 rings (SSSR count). The largest absolute Gasteiger partial charge is 0.368 e. The number of carbonyl (C=O) groups is 2.